The SMILES string of the molecule is CS(=O)(=O)Cc1ccc(CNC2CCCC2C2COCCN2)cc1. The molecule has 5 nitrogen and oxygen atoms in total. The van der Waals surface area contributed by atoms with Crippen molar-refractivity contribution in [2.24, 2.45) is 5.92 Å². The Kier molecular flexibility index (Phi) is 5.92. The largest absolute Gasteiger partial charge is 0.379 e. The first-order chi connectivity index (χ1) is 11.5. The lowest BCUT2D eigenvalue weighted by molar-refractivity contribution is 0.0524. The molecule has 1 saturated heterocycles. The van der Waals surface area contributed by atoms with E-state index in [1.807, 2.05) is 24.3 Å². The molecule has 0 aromatic heterocycles. The van der Waals surface area contributed by atoms with E-state index in [0.29, 0.717) is 18.0 Å². The molecule has 2 N–H and O–H groups in total. The molecule has 2 aliphatic rings. The summed E-state index contributed by atoms with van der Waals surface area (Å²) < 4.78 is 28.3. The molecular weight excluding hydrogens is 324 g/mol. The molecule has 1 saturated carbocycles. The molecule has 1 aliphatic heterocycles. The van der Waals surface area contributed by atoms with E-state index in [1.165, 1.54) is 31.1 Å². The van der Waals surface area contributed by atoms with Crippen LogP contribution >= 0.6 is 0 Å². The summed E-state index contributed by atoms with van der Waals surface area (Å²) in [6, 6.07) is 8.89. The molecule has 1 heterocycles. The third kappa shape index (κ3) is 5.02. The highest BCUT2D eigenvalue weighted by Gasteiger charge is 2.34. The fraction of sp³-hybridized carbons (Fsp3) is 0.667. The normalized spacial score (nSPS) is 28.1. The van der Waals surface area contributed by atoms with Gasteiger partial charge in [0.1, 0.15) is 0 Å². The van der Waals surface area contributed by atoms with Gasteiger partial charge in [-0.15, -0.1) is 0 Å². The van der Waals surface area contributed by atoms with Gasteiger partial charge in [-0.05, 0) is 29.9 Å². The summed E-state index contributed by atoms with van der Waals surface area (Å²) in [5.74, 6) is 0.744. The van der Waals surface area contributed by atoms with Crippen molar-refractivity contribution in [1.29, 1.82) is 0 Å². The number of rotatable bonds is 6. The zero-order valence-electron chi connectivity index (χ0n) is 14.3. The number of nitrogens with one attached hydrogen (secondary N) is 2. The quantitative estimate of drug-likeness (QED) is 0.812. The first-order valence-electron chi connectivity index (χ1n) is 8.81. The van der Waals surface area contributed by atoms with Crippen LogP contribution in [0, 0.1) is 5.92 Å². The van der Waals surface area contributed by atoms with Gasteiger partial charge in [0.05, 0.1) is 19.0 Å². The Labute approximate surface area is 145 Å². The molecule has 6 heteroatoms. The zero-order valence-corrected chi connectivity index (χ0v) is 15.1. The van der Waals surface area contributed by atoms with Crippen LogP contribution in [0.4, 0.5) is 0 Å². The van der Waals surface area contributed by atoms with E-state index in [-0.39, 0.29) is 5.75 Å². The molecule has 1 aliphatic carbocycles. The summed E-state index contributed by atoms with van der Waals surface area (Å²) in [7, 11) is -2.97. The number of sulfone groups is 1. The Hall–Kier alpha value is -0.950. The minimum absolute atomic E-state index is 0.110. The summed E-state index contributed by atoms with van der Waals surface area (Å²) in [6.45, 7) is 3.42. The van der Waals surface area contributed by atoms with E-state index < -0.39 is 9.84 Å². The van der Waals surface area contributed by atoms with Gasteiger partial charge in [0, 0.05) is 31.4 Å². The zero-order chi connectivity index (χ0) is 17.0. The molecule has 0 bridgehead atoms. The van der Waals surface area contributed by atoms with Crippen molar-refractivity contribution in [2.75, 3.05) is 26.0 Å². The van der Waals surface area contributed by atoms with Gasteiger partial charge in [0.2, 0.25) is 0 Å². The molecule has 3 rings (SSSR count). The van der Waals surface area contributed by atoms with Crippen molar-refractivity contribution in [1.82, 2.24) is 10.6 Å². The first-order valence-corrected chi connectivity index (χ1v) is 10.9. The molecule has 3 atom stereocenters. The number of morpholine rings is 1. The van der Waals surface area contributed by atoms with Gasteiger partial charge in [-0.1, -0.05) is 30.7 Å². The Morgan fingerprint density at radius 1 is 1.21 bits per heavy atom. The second-order valence-corrected chi connectivity index (χ2v) is 9.24. The molecule has 1 aromatic carbocycles. The summed E-state index contributed by atoms with van der Waals surface area (Å²) in [5.41, 5.74) is 2.05. The van der Waals surface area contributed by atoms with Gasteiger partial charge in [0.25, 0.3) is 0 Å². The second kappa shape index (κ2) is 7.95. The van der Waals surface area contributed by atoms with Crippen LogP contribution in [0.5, 0.6) is 0 Å². The van der Waals surface area contributed by atoms with Crippen LogP contribution < -0.4 is 10.6 Å². The summed E-state index contributed by atoms with van der Waals surface area (Å²) >= 11 is 0. The minimum atomic E-state index is -2.97. The van der Waals surface area contributed by atoms with Crippen molar-refractivity contribution in [2.45, 2.75) is 43.6 Å². The van der Waals surface area contributed by atoms with Gasteiger partial charge in [-0.25, -0.2) is 8.42 Å². The highest BCUT2D eigenvalue weighted by Crippen LogP contribution is 2.29. The monoisotopic (exact) mass is 352 g/mol. The van der Waals surface area contributed by atoms with E-state index in [9.17, 15) is 8.42 Å². The third-order valence-electron chi connectivity index (χ3n) is 5.06. The fourth-order valence-electron chi connectivity index (χ4n) is 3.89. The third-order valence-corrected chi connectivity index (χ3v) is 5.91. The van der Waals surface area contributed by atoms with Crippen molar-refractivity contribution in [3.05, 3.63) is 35.4 Å². The van der Waals surface area contributed by atoms with Crippen molar-refractivity contribution >= 4 is 9.84 Å². The Morgan fingerprint density at radius 2 is 1.96 bits per heavy atom. The van der Waals surface area contributed by atoms with E-state index in [2.05, 4.69) is 10.6 Å². The van der Waals surface area contributed by atoms with Crippen LogP contribution in [-0.4, -0.2) is 46.5 Å². The lowest BCUT2D eigenvalue weighted by Crippen LogP contribution is -2.50. The van der Waals surface area contributed by atoms with Crippen LogP contribution in [0.15, 0.2) is 24.3 Å². The second-order valence-electron chi connectivity index (χ2n) is 7.10. The van der Waals surface area contributed by atoms with E-state index in [1.54, 1.807) is 0 Å². The Balaban J connectivity index is 1.53. The smallest absolute Gasteiger partial charge is 0.151 e. The predicted molar refractivity (Wildman–Crippen MR) is 95.6 cm³/mol. The lowest BCUT2D eigenvalue weighted by Gasteiger charge is -2.33. The van der Waals surface area contributed by atoms with Gasteiger partial charge < -0.3 is 15.4 Å². The van der Waals surface area contributed by atoms with Crippen molar-refractivity contribution < 1.29 is 13.2 Å². The average molecular weight is 353 g/mol. The maximum Gasteiger partial charge on any atom is 0.151 e. The lowest BCUT2D eigenvalue weighted by atomic mass is 9.94. The summed E-state index contributed by atoms with van der Waals surface area (Å²) in [4.78, 5) is 0. The molecule has 0 radical (unpaired) electrons. The van der Waals surface area contributed by atoms with Gasteiger partial charge in [0.15, 0.2) is 9.84 Å². The van der Waals surface area contributed by atoms with Crippen molar-refractivity contribution in [3.8, 4) is 0 Å². The van der Waals surface area contributed by atoms with Crippen molar-refractivity contribution in [3.63, 3.8) is 0 Å². The van der Waals surface area contributed by atoms with E-state index in [4.69, 9.17) is 4.74 Å². The van der Waals surface area contributed by atoms with Gasteiger partial charge >= 0.3 is 0 Å². The van der Waals surface area contributed by atoms with Crippen LogP contribution in [0.3, 0.4) is 0 Å². The molecule has 0 spiro atoms. The molecule has 134 valence electrons. The maximum atomic E-state index is 11.3. The molecular formula is C18H28N2O3S. The minimum Gasteiger partial charge on any atom is -0.379 e. The maximum absolute atomic E-state index is 11.3. The number of hydrogen-bond donors (Lipinski definition) is 2. The van der Waals surface area contributed by atoms with Crippen LogP contribution in [0.2, 0.25) is 0 Å². The number of hydrogen-bond acceptors (Lipinski definition) is 5. The highest BCUT2D eigenvalue weighted by molar-refractivity contribution is 7.89. The first kappa shape index (κ1) is 17.9. The summed E-state index contributed by atoms with van der Waals surface area (Å²) in [6.07, 6.45) is 5.01. The topological polar surface area (TPSA) is 67.4 Å². The van der Waals surface area contributed by atoms with Crippen LogP contribution in [0.1, 0.15) is 30.4 Å². The van der Waals surface area contributed by atoms with E-state index in [0.717, 1.165) is 31.9 Å². The van der Waals surface area contributed by atoms with Gasteiger partial charge in [-0.3, -0.25) is 0 Å². The average Bonchev–Trinajstić information content (AvgIpc) is 3.02. The number of benzene rings is 1. The number of ether oxygens (including phenoxy) is 1. The molecule has 0 amide bonds. The predicted octanol–water partition coefficient (Wildman–Crippen LogP) is 1.48. The molecule has 2 fully saturated rings. The van der Waals surface area contributed by atoms with Crippen LogP contribution in [0.25, 0.3) is 0 Å². The standard InChI is InChI=1S/C18H28N2O3S/c1-24(21,22)13-15-7-5-14(6-8-15)11-20-17-4-2-3-16(17)18-12-23-10-9-19-18/h5-8,16-20H,2-4,9-13H2,1H3. The fourth-order valence-corrected chi connectivity index (χ4v) is 4.69. The Bertz CT molecular complexity index is 624. The molecule has 3 unspecified atom stereocenters. The van der Waals surface area contributed by atoms with E-state index >= 15 is 0 Å². The molecule has 1 aromatic rings. The van der Waals surface area contributed by atoms with Crippen LogP contribution in [-0.2, 0) is 26.9 Å². The summed E-state index contributed by atoms with van der Waals surface area (Å²) in [5, 5.41) is 7.30. The van der Waals surface area contributed by atoms with Gasteiger partial charge in [-0.2, -0.15) is 0 Å². The molecule has 24 heavy (non-hydrogen) atoms. The Morgan fingerprint density at radius 3 is 2.62 bits per heavy atom. The highest BCUT2D eigenvalue weighted by atomic mass is 32.2.